The fourth-order valence-corrected chi connectivity index (χ4v) is 2.98. The Hall–Kier alpha value is -1.85. The van der Waals surface area contributed by atoms with Gasteiger partial charge in [-0.1, -0.05) is 16.8 Å². The lowest BCUT2D eigenvalue weighted by Crippen LogP contribution is -2.41. The SMILES string of the molecule is O=C(Cc1cc(-c2ccc(Cl)cc2)on1)N1CCCC(CO)C1. The maximum Gasteiger partial charge on any atom is 0.228 e. The molecule has 1 aliphatic rings. The number of piperidine rings is 1. The monoisotopic (exact) mass is 334 g/mol. The molecule has 6 heteroatoms. The first-order valence-corrected chi connectivity index (χ1v) is 8.13. The van der Waals surface area contributed by atoms with Crippen LogP contribution in [0, 0.1) is 5.92 Å². The number of benzene rings is 1. The number of amides is 1. The molecule has 1 fully saturated rings. The minimum absolute atomic E-state index is 0.0270. The van der Waals surface area contributed by atoms with E-state index < -0.39 is 0 Å². The number of halogens is 1. The molecule has 1 aromatic carbocycles. The molecule has 23 heavy (non-hydrogen) atoms. The zero-order valence-electron chi connectivity index (χ0n) is 12.7. The highest BCUT2D eigenvalue weighted by Crippen LogP contribution is 2.23. The molecule has 1 unspecified atom stereocenters. The van der Waals surface area contributed by atoms with E-state index in [1.165, 1.54) is 0 Å². The molecule has 5 nitrogen and oxygen atoms in total. The lowest BCUT2D eigenvalue weighted by molar-refractivity contribution is -0.132. The van der Waals surface area contributed by atoms with Crippen molar-refractivity contribution in [3.63, 3.8) is 0 Å². The van der Waals surface area contributed by atoms with E-state index in [9.17, 15) is 9.90 Å². The first-order valence-electron chi connectivity index (χ1n) is 7.76. The van der Waals surface area contributed by atoms with Gasteiger partial charge in [0.2, 0.25) is 5.91 Å². The minimum atomic E-state index is 0.0270. The summed E-state index contributed by atoms with van der Waals surface area (Å²) in [6.45, 7) is 1.50. The van der Waals surface area contributed by atoms with Gasteiger partial charge in [0.1, 0.15) is 0 Å². The Labute approximate surface area is 139 Å². The largest absolute Gasteiger partial charge is 0.396 e. The van der Waals surface area contributed by atoms with E-state index in [1.54, 1.807) is 23.1 Å². The highest BCUT2D eigenvalue weighted by atomic mass is 35.5. The number of aliphatic hydroxyl groups excluding tert-OH is 1. The van der Waals surface area contributed by atoms with Crippen molar-refractivity contribution in [3.8, 4) is 11.3 Å². The van der Waals surface area contributed by atoms with Gasteiger partial charge < -0.3 is 14.5 Å². The van der Waals surface area contributed by atoms with Gasteiger partial charge in [-0.25, -0.2) is 0 Å². The zero-order valence-corrected chi connectivity index (χ0v) is 13.5. The van der Waals surface area contributed by atoms with Gasteiger partial charge in [-0.05, 0) is 43.0 Å². The first-order chi connectivity index (χ1) is 11.2. The Balaban J connectivity index is 1.64. The lowest BCUT2D eigenvalue weighted by atomic mass is 9.98. The molecule has 1 N–H and O–H groups in total. The Morgan fingerprint density at radius 1 is 1.39 bits per heavy atom. The zero-order chi connectivity index (χ0) is 16.2. The number of carbonyl (C=O) groups excluding carboxylic acids is 1. The summed E-state index contributed by atoms with van der Waals surface area (Å²) in [7, 11) is 0. The second-order valence-corrected chi connectivity index (χ2v) is 6.33. The standard InChI is InChI=1S/C17H19ClN2O3/c18-14-5-3-13(4-6-14)16-8-15(19-23-16)9-17(22)20-7-1-2-12(10-20)11-21/h3-6,8,12,21H,1-2,7,9-11H2. The fraction of sp³-hybridized carbons (Fsp3) is 0.412. The summed E-state index contributed by atoms with van der Waals surface area (Å²) in [6.07, 6.45) is 2.13. The second-order valence-electron chi connectivity index (χ2n) is 5.90. The van der Waals surface area contributed by atoms with Crippen molar-refractivity contribution in [3.05, 3.63) is 41.0 Å². The maximum absolute atomic E-state index is 12.4. The number of nitrogens with zero attached hydrogens (tertiary/aromatic N) is 2. The Morgan fingerprint density at radius 3 is 2.91 bits per heavy atom. The van der Waals surface area contributed by atoms with Crippen LogP contribution in [-0.2, 0) is 11.2 Å². The summed E-state index contributed by atoms with van der Waals surface area (Å²) in [5.41, 5.74) is 1.49. The summed E-state index contributed by atoms with van der Waals surface area (Å²) < 4.78 is 5.32. The summed E-state index contributed by atoms with van der Waals surface area (Å²) >= 11 is 5.87. The fourth-order valence-electron chi connectivity index (χ4n) is 2.85. The summed E-state index contributed by atoms with van der Waals surface area (Å²) in [6, 6.07) is 9.06. The number of rotatable bonds is 4. The van der Waals surface area contributed by atoms with Gasteiger partial charge in [-0.15, -0.1) is 0 Å². The Morgan fingerprint density at radius 2 is 2.17 bits per heavy atom. The van der Waals surface area contributed by atoms with Crippen LogP contribution in [0.25, 0.3) is 11.3 Å². The van der Waals surface area contributed by atoms with Crippen molar-refractivity contribution >= 4 is 17.5 Å². The average Bonchev–Trinajstić information content (AvgIpc) is 3.04. The van der Waals surface area contributed by atoms with Gasteiger partial charge in [0, 0.05) is 36.3 Å². The van der Waals surface area contributed by atoms with Gasteiger partial charge in [-0.3, -0.25) is 4.79 Å². The van der Waals surface area contributed by atoms with E-state index >= 15 is 0 Å². The molecule has 1 aromatic heterocycles. The van der Waals surface area contributed by atoms with E-state index in [2.05, 4.69) is 5.16 Å². The highest BCUT2D eigenvalue weighted by Gasteiger charge is 2.24. The molecular formula is C17H19ClN2O3. The third kappa shape index (κ3) is 3.92. The number of carbonyl (C=O) groups is 1. The van der Waals surface area contributed by atoms with Crippen LogP contribution in [0.2, 0.25) is 5.02 Å². The van der Waals surface area contributed by atoms with Crippen molar-refractivity contribution in [2.45, 2.75) is 19.3 Å². The number of hydrogen-bond donors (Lipinski definition) is 1. The van der Waals surface area contributed by atoms with Gasteiger partial charge in [0.15, 0.2) is 5.76 Å². The molecule has 0 saturated carbocycles. The van der Waals surface area contributed by atoms with Crippen molar-refractivity contribution in [1.29, 1.82) is 0 Å². The van der Waals surface area contributed by atoms with E-state index in [1.807, 2.05) is 12.1 Å². The third-order valence-electron chi connectivity index (χ3n) is 4.15. The predicted octanol–water partition coefficient (Wildman–Crippen LogP) is 2.77. The van der Waals surface area contributed by atoms with Gasteiger partial charge in [0.25, 0.3) is 0 Å². The summed E-state index contributed by atoms with van der Waals surface area (Å²) in [5, 5.41) is 13.9. The van der Waals surface area contributed by atoms with Crippen LogP contribution in [0.5, 0.6) is 0 Å². The molecule has 1 atom stereocenters. The molecule has 0 bridgehead atoms. The summed E-state index contributed by atoms with van der Waals surface area (Å²) in [4.78, 5) is 14.2. The van der Waals surface area contributed by atoms with Crippen LogP contribution in [0.3, 0.4) is 0 Å². The van der Waals surface area contributed by atoms with E-state index in [0.717, 1.165) is 24.9 Å². The molecule has 0 aliphatic carbocycles. The van der Waals surface area contributed by atoms with Crippen molar-refractivity contribution in [1.82, 2.24) is 10.1 Å². The predicted molar refractivity (Wildman–Crippen MR) is 87.0 cm³/mol. The maximum atomic E-state index is 12.4. The molecule has 3 rings (SSSR count). The lowest BCUT2D eigenvalue weighted by Gasteiger charge is -2.31. The third-order valence-corrected chi connectivity index (χ3v) is 4.40. The molecular weight excluding hydrogens is 316 g/mol. The second kappa shape index (κ2) is 7.15. The smallest absolute Gasteiger partial charge is 0.228 e. The van der Waals surface area contributed by atoms with Gasteiger partial charge in [-0.2, -0.15) is 0 Å². The van der Waals surface area contributed by atoms with Crippen molar-refractivity contribution < 1.29 is 14.4 Å². The first kappa shape index (κ1) is 16.0. The topological polar surface area (TPSA) is 66.6 Å². The average molecular weight is 335 g/mol. The van der Waals surface area contributed by atoms with Crippen LogP contribution < -0.4 is 0 Å². The number of aromatic nitrogens is 1. The van der Waals surface area contributed by atoms with Crippen LogP contribution >= 0.6 is 11.6 Å². The molecule has 122 valence electrons. The number of likely N-dealkylation sites (tertiary alicyclic amines) is 1. The molecule has 1 saturated heterocycles. The molecule has 0 spiro atoms. The van der Waals surface area contributed by atoms with Gasteiger partial charge >= 0.3 is 0 Å². The Bertz CT molecular complexity index is 669. The summed E-state index contributed by atoms with van der Waals surface area (Å²) in [5.74, 6) is 0.838. The van der Waals surface area contributed by atoms with E-state index in [0.29, 0.717) is 23.0 Å². The van der Waals surface area contributed by atoms with Crippen molar-refractivity contribution in [2.75, 3.05) is 19.7 Å². The van der Waals surface area contributed by atoms with Crippen LogP contribution in [0.1, 0.15) is 18.5 Å². The van der Waals surface area contributed by atoms with Crippen molar-refractivity contribution in [2.24, 2.45) is 5.92 Å². The van der Waals surface area contributed by atoms with Crippen LogP contribution in [0.4, 0.5) is 0 Å². The quantitative estimate of drug-likeness (QED) is 0.933. The Kier molecular flexibility index (Phi) is 4.98. The van der Waals surface area contributed by atoms with E-state index in [-0.39, 0.29) is 24.9 Å². The normalized spacial score (nSPS) is 18.2. The molecule has 2 heterocycles. The molecule has 0 radical (unpaired) electrons. The number of aliphatic hydroxyl groups is 1. The molecule has 1 amide bonds. The number of hydrogen-bond acceptors (Lipinski definition) is 4. The van der Waals surface area contributed by atoms with Crippen LogP contribution in [-0.4, -0.2) is 40.8 Å². The van der Waals surface area contributed by atoms with E-state index in [4.69, 9.17) is 16.1 Å². The van der Waals surface area contributed by atoms with Crippen LogP contribution in [0.15, 0.2) is 34.9 Å². The molecule has 1 aliphatic heterocycles. The van der Waals surface area contributed by atoms with Gasteiger partial charge in [0.05, 0.1) is 12.1 Å². The highest BCUT2D eigenvalue weighted by molar-refractivity contribution is 6.30. The minimum Gasteiger partial charge on any atom is -0.396 e. The molecule has 2 aromatic rings.